The van der Waals surface area contributed by atoms with Gasteiger partial charge in [0.1, 0.15) is 0 Å². The molecule has 2 rings (SSSR count). The Balaban J connectivity index is 1.82. The van der Waals surface area contributed by atoms with E-state index in [2.05, 4.69) is 10.6 Å². The van der Waals surface area contributed by atoms with Crippen molar-refractivity contribution in [1.82, 2.24) is 10.6 Å². The second-order valence-electron chi connectivity index (χ2n) is 4.86. The van der Waals surface area contributed by atoms with Gasteiger partial charge in [0, 0.05) is 6.54 Å². The SMILES string of the molecule is O=C(NCCC1CCCNC1)c1cccc(Cl)c1F. The van der Waals surface area contributed by atoms with Crippen LogP contribution in [0, 0.1) is 11.7 Å². The fraction of sp³-hybridized carbons (Fsp3) is 0.500. The van der Waals surface area contributed by atoms with Crippen molar-refractivity contribution in [3.63, 3.8) is 0 Å². The Morgan fingerprint density at radius 2 is 2.37 bits per heavy atom. The monoisotopic (exact) mass is 284 g/mol. The zero-order chi connectivity index (χ0) is 13.7. The number of halogens is 2. The highest BCUT2D eigenvalue weighted by Gasteiger charge is 2.15. The van der Waals surface area contributed by atoms with E-state index in [1.807, 2.05) is 0 Å². The lowest BCUT2D eigenvalue weighted by Gasteiger charge is -2.22. The van der Waals surface area contributed by atoms with Gasteiger partial charge in [-0.2, -0.15) is 0 Å². The fourth-order valence-electron chi connectivity index (χ4n) is 2.33. The number of benzene rings is 1. The van der Waals surface area contributed by atoms with Crippen molar-refractivity contribution in [3.8, 4) is 0 Å². The molecule has 1 heterocycles. The van der Waals surface area contributed by atoms with Gasteiger partial charge in [-0.25, -0.2) is 4.39 Å². The summed E-state index contributed by atoms with van der Waals surface area (Å²) in [4.78, 5) is 11.8. The van der Waals surface area contributed by atoms with Crippen molar-refractivity contribution in [1.29, 1.82) is 0 Å². The minimum Gasteiger partial charge on any atom is -0.352 e. The number of nitrogens with one attached hydrogen (secondary N) is 2. The van der Waals surface area contributed by atoms with E-state index in [-0.39, 0.29) is 10.6 Å². The van der Waals surface area contributed by atoms with Crippen molar-refractivity contribution < 1.29 is 9.18 Å². The van der Waals surface area contributed by atoms with E-state index >= 15 is 0 Å². The summed E-state index contributed by atoms with van der Waals surface area (Å²) in [5, 5.41) is 6.06. The Bertz CT molecular complexity index is 447. The second-order valence-corrected chi connectivity index (χ2v) is 5.27. The van der Waals surface area contributed by atoms with Gasteiger partial charge in [-0.15, -0.1) is 0 Å². The molecule has 1 aromatic rings. The lowest BCUT2D eigenvalue weighted by Crippen LogP contribution is -2.33. The summed E-state index contributed by atoms with van der Waals surface area (Å²) < 4.78 is 13.6. The van der Waals surface area contributed by atoms with Crippen molar-refractivity contribution in [2.75, 3.05) is 19.6 Å². The summed E-state index contributed by atoms with van der Waals surface area (Å²) >= 11 is 5.65. The van der Waals surface area contributed by atoms with Gasteiger partial charge in [0.25, 0.3) is 5.91 Å². The Labute approximate surface area is 117 Å². The Kier molecular flexibility index (Phi) is 5.16. The van der Waals surface area contributed by atoms with Crippen molar-refractivity contribution >= 4 is 17.5 Å². The first-order valence-electron chi connectivity index (χ1n) is 6.61. The number of rotatable bonds is 4. The highest BCUT2D eigenvalue weighted by Crippen LogP contribution is 2.18. The zero-order valence-electron chi connectivity index (χ0n) is 10.7. The zero-order valence-corrected chi connectivity index (χ0v) is 11.5. The van der Waals surface area contributed by atoms with Gasteiger partial charge >= 0.3 is 0 Å². The van der Waals surface area contributed by atoms with Gasteiger partial charge in [-0.05, 0) is 50.4 Å². The average molecular weight is 285 g/mol. The summed E-state index contributed by atoms with van der Waals surface area (Å²) in [7, 11) is 0. The molecule has 1 amide bonds. The summed E-state index contributed by atoms with van der Waals surface area (Å²) in [5.41, 5.74) is 0.00858. The highest BCUT2D eigenvalue weighted by atomic mass is 35.5. The molecule has 1 unspecified atom stereocenters. The first-order valence-corrected chi connectivity index (χ1v) is 6.99. The van der Waals surface area contributed by atoms with Crippen LogP contribution in [-0.2, 0) is 0 Å². The Morgan fingerprint density at radius 1 is 1.53 bits per heavy atom. The molecule has 1 saturated heterocycles. The molecule has 19 heavy (non-hydrogen) atoms. The number of piperidine rings is 1. The summed E-state index contributed by atoms with van der Waals surface area (Å²) in [5.74, 6) is -0.456. The molecule has 0 bridgehead atoms. The van der Waals surface area contributed by atoms with E-state index in [9.17, 15) is 9.18 Å². The molecule has 0 aromatic heterocycles. The Morgan fingerprint density at radius 3 is 3.11 bits per heavy atom. The molecule has 1 fully saturated rings. The topological polar surface area (TPSA) is 41.1 Å². The molecule has 2 N–H and O–H groups in total. The molecular weight excluding hydrogens is 267 g/mol. The number of amides is 1. The molecule has 0 spiro atoms. The average Bonchev–Trinajstić information content (AvgIpc) is 2.43. The van der Waals surface area contributed by atoms with E-state index in [0.29, 0.717) is 12.5 Å². The van der Waals surface area contributed by atoms with Crippen LogP contribution in [0.25, 0.3) is 0 Å². The van der Waals surface area contributed by atoms with Crippen molar-refractivity contribution in [2.24, 2.45) is 5.92 Å². The number of carbonyl (C=O) groups excluding carboxylic acids is 1. The predicted octanol–water partition coefficient (Wildman–Crippen LogP) is 2.60. The van der Waals surface area contributed by atoms with Crippen LogP contribution in [0.3, 0.4) is 0 Å². The third-order valence-electron chi connectivity index (χ3n) is 3.43. The molecule has 104 valence electrons. The highest BCUT2D eigenvalue weighted by molar-refractivity contribution is 6.31. The minimum absolute atomic E-state index is 0.00858. The van der Waals surface area contributed by atoms with Gasteiger partial charge in [0.2, 0.25) is 0 Å². The molecule has 0 saturated carbocycles. The smallest absolute Gasteiger partial charge is 0.254 e. The molecule has 0 radical (unpaired) electrons. The van der Waals surface area contributed by atoms with Crippen LogP contribution in [0.4, 0.5) is 4.39 Å². The van der Waals surface area contributed by atoms with Gasteiger partial charge in [-0.1, -0.05) is 17.7 Å². The van der Waals surface area contributed by atoms with Crippen molar-refractivity contribution in [2.45, 2.75) is 19.3 Å². The maximum Gasteiger partial charge on any atom is 0.254 e. The summed E-state index contributed by atoms with van der Waals surface area (Å²) in [6, 6.07) is 4.45. The normalized spacial score (nSPS) is 19.2. The van der Waals surface area contributed by atoms with Gasteiger partial charge in [0.15, 0.2) is 5.82 Å². The van der Waals surface area contributed by atoms with Gasteiger partial charge in [-0.3, -0.25) is 4.79 Å². The second kappa shape index (κ2) is 6.87. The molecule has 1 aliphatic rings. The standard InChI is InChI=1S/C14H18ClFN2O/c15-12-5-1-4-11(13(12)16)14(19)18-8-6-10-3-2-7-17-9-10/h1,4-5,10,17H,2-3,6-9H2,(H,18,19). The number of hydrogen-bond acceptors (Lipinski definition) is 2. The minimum atomic E-state index is -0.652. The van der Waals surface area contributed by atoms with E-state index in [0.717, 1.165) is 19.5 Å². The van der Waals surface area contributed by atoms with Crippen LogP contribution in [0.5, 0.6) is 0 Å². The molecule has 5 heteroatoms. The third kappa shape index (κ3) is 3.91. The quantitative estimate of drug-likeness (QED) is 0.892. The van der Waals surface area contributed by atoms with E-state index in [1.165, 1.54) is 25.0 Å². The molecule has 1 atom stereocenters. The van der Waals surface area contributed by atoms with Gasteiger partial charge in [0.05, 0.1) is 10.6 Å². The van der Waals surface area contributed by atoms with Crippen LogP contribution in [0.1, 0.15) is 29.6 Å². The third-order valence-corrected chi connectivity index (χ3v) is 3.73. The molecular formula is C14H18ClFN2O. The van der Waals surface area contributed by atoms with Crippen LogP contribution >= 0.6 is 11.6 Å². The lowest BCUT2D eigenvalue weighted by atomic mass is 9.96. The van der Waals surface area contributed by atoms with E-state index in [1.54, 1.807) is 6.07 Å². The first kappa shape index (κ1) is 14.3. The van der Waals surface area contributed by atoms with Crippen LogP contribution in [0.2, 0.25) is 5.02 Å². The van der Waals surface area contributed by atoms with Crippen LogP contribution in [-0.4, -0.2) is 25.5 Å². The van der Waals surface area contributed by atoms with E-state index < -0.39 is 11.7 Å². The predicted molar refractivity (Wildman–Crippen MR) is 74.0 cm³/mol. The molecule has 0 aliphatic carbocycles. The number of hydrogen-bond donors (Lipinski definition) is 2. The summed E-state index contributed by atoms with van der Waals surface area (Å²) in [6.45, 7) is 2.65. The molecule has 1 aromatic carbocycles. The van der Waals surface area contributed by atoms with E-state index in [4.69, 9.17) is 11.6 Å². The lowest BCUT2D eigenvalue weighted by molar-refractivity contribution is 0.0946. The van der Waals surface area contributed by atoms with Crippen LogP contribution < -0.4 is 10.6 Å². The fourth-order valence-corrected chi connectivity index (χ4v) is 2.51. The Hall–Kier alpha value is -1.13. The molecule has 1 aliphatic heterocycles. The largest absolute Gasteiger partial charge is 0.352 e. The van der Waals surface area contributed by atoms with Gasteiger partial charge < -0.3 is 10.6 Å². The maximum absolute atomic E-state index is 13.6. The van der Waals surface area contributed by atoms with Crippen LogP contribution in [0.15, 0.2) is 18.2 Å². The van der Waals surface area contributed by atoms with Crippen molar-refractivity contribution in [3.05, 3.63) is 34.6 Å². The summed E-state index contributed by atoms with van der Waals surface area (Å²) in [6.07, 6.45) is 3.29. The molecule has 3 nitrogen and oxygen atoms in total. The number of carbonyl (C=O) groups is 1. The maximum atomic E-state index is 13.6. The first-order chi connectivity index (χ1) is 9.18.